The predicted molar refractivity (Wildman–Crippen MR) is 68.0 cm³/mol. The molecule has 88 valence electrons. The maximum absolute atomic E-state index is 11.4. The zero-order valence-electron chi connectivity index (χ0n) is 9.54. The van der Waals surface area contributed by atoms with E-state index in [0.29, 0.717) is 6.54 Å². The number of rotatable bonds is 5. The highest BCUT2D eigenvalue weighted by atomic mass is 16.1. The summed E-state index contributed by atoms with van der Waals surface area (Å²) in [4.78, 5) is 15.3. The Kier molecular flexibility index (Phi) is 3.91. The number of aromatic nitrogens is 2. The molecule has 0 aliphatic carbocycles. The van der Waals surface area contributed by atoms with Crippen LogP contribution in [0.5, 0.6) is 0 Å². The Morgan fingerprint density at radius 2 is 2.00 bits per heavy atom. The van der Waals surface area contributed by atoms with Crippen molar-refractivity contribution in [2.75, 3.05) is 11.9 Å². The van der Waals surface area contributed by atoms with Gasteiger partial charge in [0, 0.05) is 31.0 Å². The predicted octanol–water partition coefficient (Wildman–Crippen LogP) is 1.75. The van der Waals surface area contributed by atoms with Crippen molar-refractivity contribution in [3.05, 3.63) is 59.3 Å². The van der Waals surface area contributed by atoms with Crippen LogP contribution in [0.15, 0.2) is 53.7 Å². The van der Waals surface area contributed by atoms with Gasteiger partial charge in [-0.15, -0.1) is 0 Å². The molecule has 0 atom stereocenters. The molecule has 0 fully saturated rings. The number of nitrogens with one attached hydrogen (secondary N) is 1. The summed E-state index contributed by atoms with van der Waals surface area (Å²) in [6, 6.07) is 11.5. The van der Waals surface area contributed by atoms with Crippen LogP contribution in [0.2, 0.25) is 0 Å². The standard InChI is InChI=1S/C13H15N3O/c17-13-7-9-14-11-16(13)10-4-8-15-12-5-2-1-3-6-12/h1-3,5-7,9,11,15H,4,8,10H2. The Morgan fingerprint density at radius 3 is 2.76 bits per heavy atom. The van der Waals surface area contributed by atoms with E-state index in [1.165, 1.54) is 12.3 Å². The zero-order chi connectivity index (χ0) is 11.9. The molecule has 4 nitrogen and oxygen atoms in total. The Bertz CT molecular complexity index is 507. The molecule has 0 saturated heterocycles. The lowest BCUT2D eigenvalue weighted by Gasteiger charge is -2.07. The van der Waals surface area contributed by atoms with Crippen LogP contribution >= 0.6 is 0 Å². The summed E-state index contributed by atoms with van der Waals surface area (Å²) < 4.78 is 1.62. The van der Waals surface area contributed by atoms with Crippen molar-refractivity contribution in [1.29, 1.82) is 0 Å². The third-order valence-corrected chi connectivity index (χ3v) is 2.47. The number of benzene rings is 1. The quantitative estimate of drug-likeness (QED) is 0.794. The van der Waals surface area contributed by atoms with Gasteiger partial charge in [0.15, 0.2) is 0 Å². The molecule has 0 saturated carbocycles. The van der Waals surface area contributed by atoms with Crippen molar-refractivity contribution < 1.29 is 0 Å². The van der Waals surface area contributed by atoms with Crippen LogP contribution in [-0.2, 0) is 6.54 Å². The highest BCUT2D eigenvalue weighted by molar-refractivity contribution is 5.42. The Hall–Kier alpha value is -2.10. The molecule has 0 amide bonds. The molecule has 0 unspecified atom stereocenters. The molecule has 4 heteroatoms. The van der Waals surface area contributed by atoms with Gasteiger partial charge in [0.05, 0.1) is 6.33 Å². The number of hydrogen-bond acceptors (Lipinski definition) is 3. The summed E-state index contributed by atoms with van der Waals surface area (Å²) in [7, 11) is 0. The lowest BCUT2D eigenvalue weighted by Crippen LogP contribution is -2.20. The normalized spacial score (nSPS) is 10.1. The van der Waals surface area contributed by atoms with Gasteiger partial charge in [-0.3, -0.25) is 9.36 Å². The highest BCUT2D eigenvalue weighted by Crippen LogP contribution is 2.04. The van der Waals surface area contributed by atoms with Gasteiger partial charge in [0.25, 0.3) is 5.56 Å². The minimum absolute atomic E-state index is 0.000267. The van der Waals surface area contributed by atoms with Crippen LogP contribution in [0.25, 0.3) is 0 Å². The second-order valence-corrected chi connectivity index (χ2v) is 3.76. The first-order valence-electron chi connectivity index (χ1n) is 5.65. The van der Waals surface area contributed by atoms with Crippen molar-refractivity contribution in [2.24, 2.45) is 0 Å². The van der Waals surface area contributed by atoms with E-state index in [4.69, 9.17) is 0 Å². The van der Waals surface area contributed by atoms with Gasteiger partial charge in [-0.05, 0) is 18.6 Å². The summed E-state index contributed by atoms with van der Waals surface area (Å²) in [5, 5.41) is 3.30. The molecule has 2 rings (SSSR count). The fourth-order valence-electron chi connectivity index (χ4n) is 1.58. The van der Waals surface area contributed by atoms with E-state index in [1.807, 2.05) is 30.3 Å². The minimum Gasteiger partial charge on any atom is -0.385 e. The van der Waals surface area contributed by atoms with Crippen molar-refractivity contribution in [3.8, 4) is 0 Å². The Balaban J connectivity index is 1.78. The molecule has 17 heavy (non-hydrogen) atoms. The van der Waals surface area contributed by atoms with Crippen LogP contribution in [0.1, 0.15) is 6.42 Å². The van der Waals surface area contributed by atoms with Crippen LogP contribution < -0.4 is 10.9 Å². The van der Waals surface area contributed by atoms with Crippen molar-refractivity contribution in [1.82, 2.24) is 9.55 Å². The summed E-state index contributed by atoms with van der Waals surface area (Å²) in [5.41, 5.74) is 1.10. The van der Waals surface area contributed by atoms with E-state index in [0.717, 1.165) is 18.7 Å². The smallest absolute Gasteiger partial charge is 0.253 e. The van der Waals surface area contributed by atoms with Gasteiger partial charge >= 0.3 is 0 Å². The van der Waals surface area contributed by atoms with Crippen LogP contribution in [0.4, 0.5) is 5.69 Å². The number of aryl methyl sites for hydroxylation is 1. The van der Waals surface area contributed by atoms with Crippen LogP contribution in [0, 0.1) is 0 Å². The number of anilines is 1. The first kappa shape index (κ1) is 11.4. The van der Waals surface area contributed by atoms with Gasteiger partial charge in [-0.2, -0.15) is 0 Å². The van der Waals surface area contributed by atoms with Crippen molar-refractivity contribution >= 4 is 5.69 Å². The van der Waals surface area contributed by atoms with Gasteiger partial charge in [0.2, 0.25) is 0 Å². The summed E-state index contributed by atoms with van der Waals surface area (Å²) in [6.07, 6.45) is 3.98. The first-order chi connectivity index (χ1) is 8.36. The summed E-state index contributed by atoms with van der Waals surface area (Å²) in [5.74, 6) is 0. The molecular weight excluding hydrogens is 214 g/mol. The summed E-state index contributed by atoms with van der Waals surface area (Å²) in [6.45, 7) is 1.53. The molecular formula is C13H15N3O. The SMILES string of the molecule is O=c1ccncn1CCCNc1ccccc1. The van der Waals surface area contributed by atoms with Gasteiger partial charge < -0.3 is 5.32 Å². The maximum atomic E-state index is 11.4. The lowest BCUT2D eigenvalue weighted by molar-refractivity contribution is 0.627. The molecule has 1 heterocycles. The van der Waals surface area contributed by atoms with Crippen LogP contribution in [-0.4, -0.2) is 16.1 Å². The minimum atomic E-state index is -0.000267. The number of nitrogens with zero attached hydrogens (tertiary/aromatic N) is 2. The van der Waals surface area contributed by atoms with Crippen LogP contribution in [0.3, 0.4) is 0 Å². The molecule has 0 aliphatic rings. The highest BCUT2D eigenvalue weighted by Gasteiger charge is 1.94. The van der Waals surface area contributed by atoms with E-state index < -0.39 is 0 Å². The van der Waals surface area contributed by atoms with Gasteiger partial charge in [-0.25, -0.2) is 4.98 Å². The van der Waals surface area contributed by atoms with E-state index >= 15 is 0 Å². The zero-order valence-corrected chi connectivity index (χ0v) is 9.54. The maximum Gasteiger partial charge on any atom is 0.253 e. The largest absolute Gasteiger partial charge is 0.385 e. The molecule has 1 aromatic heterocycles. The fourth-order valence-corrected chi connectivity index (χ4v) is 1.58. The molecule has 0 bridgehead atoms. The van der Waals surface area contributed by atoms with Crippen molar-refractivity contribution in [2.45, 2.75) is 13.0 Å². The van der Waals surface area contributed by atoms with Gasteiger partial charge in [0.1, 0.15) is 0 Å². The lowest BCUT2D eigenvalue weighted by atomic mass is 10.3. The van der Waals surface area contributed by atoms with E-state index in [9.17, 15) is 4.79 Å². The topological polar surface area (TPSA) is 46.9 Å². The molecule has 0 radical (unpaired) electrons. The fraction of sp³-hybridized carbons (Fsp3) is 0.231. The Morgan fingerprint density at radius 1 is 1.18 bits per heavy atom. The van der Waals surface area contributed by atoms with Gasteiger partial charge in [-0.1, -0.05) is 18.2 Å². The Labute approximate surface area is 99.9 Å². The second kappa shape index (κ2) is 5.84. The molecule has 2 aromatic rings. The molecule has 0 aliphatic heterocycles. The average molecular weight is 229 g/mol. The van der Waals surface area contributed by atoms with E-state index in [2.05, 4.69) is 10.3 Å². The molecule has 0 spiro atoms. The number of para-hydroxylation sites is 1. The summed E-state index contributed by atoms with van der Waals surface area (Å²) >= 11 is 0. The number of hydrogen-bond donors (Lipinski definition) is 1. The third kappa shape index (κ3) is 3.45. The average Bonchev–Trinajstić information content (AvgIpc) is 2.38. The molecule has 1 N–H and O–H groups in total. The van der Waals surface area contributed by atoms with E-state index in [-0.39, 0.29) is 5.56 Å². The second-order valence-electron chi connectivity index (χ2n) is 3.76. The molecule has 1 aromatic carbocycles. The van der Waals surface area contributed by atoms with E-state index in [1.54, 1.807) is 10.9 Å². The third-order valence-electron chi connectivity index (χ3n) is 2.47. The monoisotopic (exact) mass is 229 g/mol. The first-order valence-corrected chi connectivity index (χ1v) is 5.65. The van der Waals surface area contributed by atoms with Crippen molar-refractivity contribution in [3.63, 3.8) is 0 Å².